The molecule has 1 saturated carbocycles. The molecule has 0 unspecified atom stereocenters. The monoisotopic (exact) mass is 253 g/mol. The lowest BCUT2D eigenvalue weighted by Gasteiger charge is -2.35. The summed E-state index contributed by atoms with van der Waals surface area (Å²) in [6.07, 6.45) is 2.27. The Balaban J connectivity index is 1.88. The van der Waals surface area contributed by atoms with Crippen LogP contribution in [-0.2, 0) is 4.74 Å². The van der Waals surface area contributed by atoms with Crippen molar-refractivity contribution in [2.24, 2.45) is 0 Å². The van der Waals surface area contributed by atoms with E-state index in [9.17, 15) is 5.26 Å². The standard InChI is InChI=1S/C15H15N3O/c1-19-13-7-12(8-13)17-15-11(9-16)6-10-4-2-3-5-14(10)18-15/h2-6,12-13H,7-8H2,1H3,(H,17,18). The Morgan fingerprint density at radius 1 is 1.37 bits per heavy atom. The van der Waals surface area contributed by atoms with Gasteiger partial charge in [0.15, 0.2) is 0 Å². The van der Waals surface area contributed by atoms with Gasteiger partial charge in [-0.3, -0.25) is 0 Å². The second-order valence-corrected chi connectivity index (χ2v) is 4.86. The summed E-state index contributed by atoms with van der Waals surface area (Å²) in [7, 11) is 1.73. The fourth-order valence-corrected chi connectivity index (χ4v) is 2.38. The van der Waals surface area contributed by atoms with Crippen molar-refractivity contribution >= 4 is 16.7 Å². The normalized spacial score (nSPS) is 21.7. The SMILES string of the molecule is COC1CC(Nc2nc3ccccc3cc2C#N)C1. The van der Waals surface area contributed by atoms with Gasteiger partial charge in [-0.1, -0.05) is 18.2 Å². The molecule has 1 aliphatic rings. The van der Waals surface area contributed by atoms with E-state index >= 15 is 0 Å². The number of pyridine rings is 1. The van der Waals surface area contributed by atoms with Crippen molar-refractivity contribution in [1.29, 1.82) is 5.26 Å². The Labute approximate surface area is 112 Å². The number of rotatable bonds is 3. The van der Waals surface area contributed by atoms with E-state index < -0.39 is 0 Å². The highest BCUT2D eigenvalue weighted by Gasteiger charge is 2.29. The van der Waals surface area contributed by atoms with Gasteiger partial charge in [-0.25, -0.2) is 4.98 Å². The molecule has 1 aromatic heterocycles. The van der Waals surface area contributed by atoms with Crippen LogP contribution < -0.4 is 5.32 Å². The molecule has 19 heavy (non-hydrogen) atoms. The topological polar surface area (TPSA) is 57.9 Å². The summed E-state index contributed by atoms with van der Waals surface area (Å²) in [6.45, 7) is 0. The largest absolute Gasteiger partial charge is 0.381 e. The molecule has 1 aromatic carbocycles. The third-order valence-electron chi connectivity index (χ3n) is 3.61. The van der Waals surface area contributed by atoms with Gasteiger partial charge in [0, 0.05) is 18.5 Å². The molecule has 3 rings (SSSR count). The third-order valence-corrected chi connectivity index (χ3v) is 3.61. The average molecular weight is 253 g/mol. The van der Waals surface area contributed by atoms with Crippen LogP contribution in [0.15, 0.2) is 30.3 Å². The molecule has 0 amide bonds. The van der Waals surface area contributed by atoms with Crippen molar-refractivity contribution in [3.63, 3.8) is 0 Å². The molecule has 1 aliphatic carbocycles. The van der Waals surface area contributed by atoms with Crippen LogP contribution in [0.25, 0.3) is 10.9 Å². The first-order chi connectivity index (χ1) is 9.30. The fraction of sp³-hybridized carbons (Fsp3) is 0.333. The van der Waals surface area contributed by atoms with E-state index in [0.717, 1.165) is 23.7 Å². The summed E-state index contributed by atoms with van der Waals surface area (Å²) in [6, 6.07) is 12.3. The number of hydrogen-bond acceptors (Lipinski definition) is 4. The van der Waals surface area contributed by atoms with Crippen molar-refractivity contribution in [1.82, 2.24) is 4.98 Å². The van der Waals surface area contributed by atoms with Crippen LogP contribution in [0.3, 0.4) is 0 Å². The van der Waals surface area contributed by atoms with E-state index in [1.54, 1.807) is 7.11 Å². The summed E-state index contributed by atoms with van der Waals surface area (Å²) in [5, 5.41) is 13.6. The van der Waals surface area contributed by atoms with Crippen molar-refractivity contribution < 1.29 is 4.74 Å². The minimum atomic E-state index is 0.337. The maximum absolute atomic E-state index is 9.22. The first-order valence-electron chi connectivity index (χ1n) is 6.39. The molecule has 1 fully saturated rings. The smallest absolute Gasteiger partial charge is 0.144 e. The van der Waals surface area contributed by atoms with Gasteiger partial charge in [0.05, 0.1) is 17.2 Å². The summed E-state index contributed by atoms with van der Waals surface area (Å²) in [4.78, 5) is 4.54. The lowest BCUT2D eigenvalue weighted by atomic mass is 9.89. The van der Waals surface area contributed by atoms with Crippen molar-refractivity contribution in [3.8, 4) is 6.07 Å². The van der Waals surface area contributed by atoms with E-state index in [2.05, 4.69) is 16.4 Å². The number of methoxy groups -OCH3 is 1. The predicted molar refractivity (Wildman–Crippen MR) is 73.9 cm³/mol. The number of fused-ring (bicyclic) bond motifs is 1. The molecule has 0 bridgehead atoms. The van der Waals surface area contributed by atoms with Crippen LogP contribution in [-0.4, -0.2) is 24.2 Å². The van der Waals surface area contributed by atoms with Crippen LogP contribution in [0, 0.1) is 11.3 Å². The number of nitrogens with zero attached hydrogens (tertiary/aromatic N) is 2. The van der Waals surface area contributed by atoms with Gasteiger partial charge >= 0.3 is 0 Å². The van der Waals surface area contributed by atoms with Crippen LogP contribution in [0.5, 0.6) is 0 Å². The van der Waals surface area contributed by atoms with Gasteiger partial charge in [0.2, 0.25) is 0 Å². The molecule has 0 saturated heterocycles. The molecule has 96 valence electrons. The van der Waals surface area contributed by atoms with Gasteiger partial charge in [-0.2, -0.15) is 5.26 Å². The maximum Gasteiger partial charge on any atom is 0.144 e. The van der Waals surface area contributed by atoms with Crippen molar-refractivity contribution in [2.45, 2.75) is 25.0 Å². The second-order valence-electron chi connectivity index (χ2n) is 4.86. The van der Waals surface area contributed by atoms with Gasteiger partial charge in [-0.15, -0.1) is 0 Å². The van der Waals surface area contributed by atoms with E-state index in [1.807, 2.05) is 30.3 Å². The fourth-order valence-electron chi connectivity index (χ4n) is 2.38. The number of hydrogen-bond donors (Lipinski definition) is 1. The van der Waals surface area contributed by atoms with Gasteiger partial charge in [0.25, 0.3) is 0 Å². The molecular formula is C15H15N3O. The minimum Gasteiger partial charge on any atom is -0.381 e. The zero-order chi connectivity index (χ0) is 13.2. The van der Waals surface area contributed by atoms with E-state index in [0.29, 0.717) is 23.5 Å². The molecule has 0 radical (unpaired) electrons. The lowest BCUT2D eigenvalue weighted by molar-refractivity contribution is 0.0328. The van der Waals surface area contributed by atoms with Crippen LogP contribution >= 0.6 is 0 Å². The van der Waals surface area contributed by atoms with Crippen molar-refractivity contribution in [3.05, 3.63) is 35.9 Å². The third kappa shape index (κ3) is 2.25. The summed E-state index contributed by atoms with van der Waals surface area (Å²) in [5.41, 5.74) is 1.51. The number of aromatic nitrogens is 1. The Morgan fingerprint density at radius 3 is 2.89 bits per heavy atom. The molecule has 1 heterocycles. The Hall–Kier alpha value is -2.12. The molecule has 4 nitrogen and oxygen atoms in total. The highest BCUT2D eigenvalue weighted by Crippen LogP contribution is 2.28. The van der Waals surface area contributed by atoms with Crippen LogP contribution in [0.1, 0.15) is 18.4 Å². The molecule has 4 heteroatoms. The second kappa shape index (κ2) is 4.87. The van der Waals surface area contributed by atoms with E-state index in [4.69, 9.17) is 4.74 Å². The summed E-state index contributed by atoms with van der Waals surface area (Å²) < 4.78 is 5.26. The molecular weight excluding hydrogens is 238 g/mol. The van der Waals surface area contributed by atoms with E-state index in [-0.39, 0.29) is 0 Å². The van der Waals surface area contributed by atoms with Crippen LogP contribution in [0.2, 0.25) is 0 Å². The number of anilines is 1. The zero-order valence-corrected chi connectivity index (χ0v) is 10.8. The van der Waals surface area contributed by atoms with Gasteiger partial charge in [0.1, 0.15) is 11.9 Å². The lowest BCUT2D eigenvalue weighted by Crippen LogP contribution is -2.40. The number of nitrogens with one attached hydrogen (secondary N) is 1. The molecule has 0 spiro atoms. The first-order valence-corrected chi connectivity index (χ1v) is 6.39. The Morgan fingerprint density at radius 2 is 2.16 bits per heavy atom. The Kier molecular flexibility index (Phi) is 3.06. The van der Waals surface area contributed by atoms with E-state index in [1.165, 1.54) is 0 Å². The highest BCUT2D eigenvalue weighted by atomic mass is 16.5. The predicted octanol–water partition coefficient (Wildman–Crippen LogP) is 2.70. The van der Waals surface area contributed by atoms with Gasteiger partial charge < -0.3 is 10.1 Å². The maximum atomic E-state index is 9.22. The first kappa shape index (κ1) is 11.9. The summed E-state index contributed by atoms with van der Waals surface area (Å²) >= 11 is 0. The molecule has 1 N–H and O–H groups in total. The highest BCUT2D eigenvalue weighted by molar-refractivity contribution is 5.82. The number of ether oxygens (including phenoxy) is 1. The van der Waals surface area contributed by atoms with Gasteiger partial charge in [-0.05, 0) is 25.0 Å². The minimum absolute atomic E-state index is 0.337. The molecule has 2 aromatic rings. The molecule has 0 aliphatic heterocycles. The summed E-state index contributed by atoms with van der Waals surface area (Å²) in [5.74, 6) is 0.681. The Bertz CT molecular complexity index is 641. The number of para-hydroxylation sites is 1. The zero-order valence-electron chi connectivity index (χ0n) is 10.8. The number of nitriles is 1. The molecule has 0 atom stereocenters. The average Bonchev–Trinajstić information content (AvgIpc) is 2.41. The van der Waals surface area contributed by atoms with Crippen LogP contribution in [0.4, 0.5) is 5.82 Å². The number of benzene rings is 1. The quantitative estimate of drug-likeness (QED) is 0.913. The van der Waals surface area contributed by atoms with Crippen molar-refractivity contribution in [2.75, 3.05) is 12.4 Å².